The van der Waals surface area contributed by atoms with Crippen LogP contribution in [0.3, 0.4) is 0 Å². The standard InChI is InChI=1S/C14H15BrF2N2O/c1-2-4-19-5-3-18-13(19)8-12(20)14-10(16)6-9(15)7-11(14)17/h3,5-7,12,20H,2,4,8H2,1H3. The molecule has 1 aromatic heterocycles. The molecule has 2 aromatic rings. The average molecular weight is 345 g/mol. The lowest BCUT2D eigenvalue weighted by molar-refractivity contribution is 0.164. The monoisotopic (exact) mass is 344 g/mol. The number of imidazole rings is 1. The third-order valence-electron chi connectivity index (χ3n) is 3.02. The van der Waals surface area contributed by atoms with Crippen molar-refractivity contribution in [2.75, 3.05) is 0 Å². The summed E-state index contributed by atoms with van der Waals surface area (Å²) in [5.74, 6) is -0.919. The van der Waals surface area contributed by atoms with E-state index in [1.807, 2.05) is 11.5 Å². The van der Waals surface area contributed by atoms with Gasteiger partial charge in [0.1, 0.15) is 17.5 Å². The highest BCUT2D eigenvalue weighted by Gasteiger charge is 2.21. The molecule has 0 fully saturated rings. The normalized spacial score (nSPS) is 12.7. The number of hydrogen-bond donors (Lipinski definition) is 1. The third kappa shape index (κ3) is 3.24. The molecule has 0 bridgehead atoms. The molecule has 20 heavy (non-hydrogen) atoms. The first-order valence-corrected chi connectivity index (χ1v) is 7.14. The van der Waals surface area contributed by atoms with Crippen LogP contribution in [0.15, 0.2) is 29.0 Å². The Bertz CT molecular complexity index is 578. The van der Waals surface area contributed by atoms with Crippen LogP contribution in [0.4, 0.5) is 8.78 Å². The predicted octanol–water partition coefficient (Wildman–Crippen LogP) is 3.61. The minimum absolute atomic E-state index is 0.0719. The molecule has 0 radical (unpaired) electrons. The highest BCUT2D eigenvalue weighted by atomic mass is 79.9. The summed E-state index contributed by atoms with van der Waals surface area (Å²) in [6, 6.07) is 2.28. The molecule has 1 unspecified atom stereocenters. The fraction of sp³-hybridized carbons (Fsp3) is 0.357. The highest BCUT2D eigenvalue weighted by Crippen LogP contribution is 2.26. The molecule has 6 heteroatoms. The fourth-order valence-electron chi connectivity index (χ4n) is 2.12. The summed E-state index contributed by atoms with van der Waals surface area (Å²) in [5, 5.41) is 10.1. The van der Waals surface area contributed by atoms with Gasteiger partial charge in [-0.3, -0.25) is 0 Å². The number of benzene rings is 1. The van der Waals surface area contributed by atoms with Crippen LogP contribution in [0.25, 0.3) is 0 Å². The smallest absolute Gasteiger partial charge is 0.133 e. The number of aliphatic hydroxyl groups is 1. The van der Waals surface area contributed by atoms with E-state index >= 15 is 0 Å². The van der Waals surface area contributed by atoms with Gasteiger partial charge in [-0.05, 0) is 18.6 Å². The van der Waals surface area contributed by atoms with E-state index in [0.717, 1.165) is 25.1 Å². The summed E-state index contributed by atoms with van der Waals surface area (Å²) in [5.41, 5.74) is -0.320. The van der Waals surface area contributed by atoms with Gasteiger partial charge in [-0.15, -0.1) is 0 Å². The quantitative estimate of drug-likeness (QED) is 0.899. The summed E-state index contributed by atoms with van der Waals surface area (Å²) < 4.78 is 29.7. The van der Waals surface area contributed by atoms with E-state index in [1.54, 1.807) is 12.4 Å². The van der Waals surface area contributed by atoms with Crippen molar-refractivity contribution in [3.8, 4) is 0 Å². The summed E-state index contributed by atoms with van der Waals surface area (Å²) in [7, 11) is 0. The zero-order chi connectivity index (χ0) is 14.7. The lowest BCUT2D eigenvalue weighted by Crippen LogP contribution is -2.12. The molecule has 1 atom stereocenters. The molecule has 1 heterocycles. The number of halogens is 3. The van der Waals surface area contributed by atoms with E-state index in [-0.39, 0.29) is 12.0 Å². The molecular weight excluding hydrogens is 330 g/mol. The minimum atomic E-state index is -1.26. The van der Waals surface area contributed by atoms with Crippen molar-refractivity contribution in [2.45, 2.75) is 32.4 Å². The Kier molecular flexibility index (Phi) is 4.88. The maximum atomic E-state index is 13.8. The van der Waals surface area contributed by atoms with Gasteiger partial charge in [0.15, 0.2) is 0 Å². The van der Waals surface area contributed by atoms with Crippen molar-refractivity contribution >= 4 is 15.9 Å². The van der Waals surface area contributed by atoms with Crippen LogP contribution in [0.5, 0.6) is 0 Å². The van der Waals surface area contributed by atoms with Crippen LogP contribution < -0.4 is 0 Å². The van der Waals surface area contributed by atoms with Crippen molar-refractivity contribution in [3.63, 3.8) is 0 Å². The number of aryl methyl sites for hydroxylation is 1. The van der Waals surface area contributed by atoms with Gasteiger partial charge in [-0.1, -0.05) is 22.9 Å². The van der Waals surface area contributed by atoms with Gasteiger partial charge in [0.25, 0.3) is 0 Å². The van der Waals surface area contributed by atoms with Crippen LogP contribution in [0.2, 0.25) is 0 Å². The van der Waals surface area contributed by atoms with E-state index in [9.17, 15) is 13.9 Å². The van der Waals surface area contributed by atoms with Gasteiger partial charge in [-0.25, -0.2) is 13.8 Å². The summed E-state index contributed by atoms with van der Waals surface area (Å²) >= 11 is 3.01. The van der Waals surface area contributed by atoms with Crippen LogP contribution in [-0.4, -0.2) is 14.7 Å². The van der Waals surface area contributed by atoms with Crippen LogP contribution >= 0.6 is 15.9 Å². The van der Waals surface area contributed by atoms with E-state index in [1.165, 1.54) is 0 Å². The van der Waals surface area contributed by atoms with Gasteiger partial charge in [0, 0.05) is 29.8 Å². The van der Waals surface area contributed by atoms with E-state index in [0.29, 0.717) is 10.3 Å². The van der Waals surface area contributed by atoms with Gasteiger partial charge >= 0.3 is 0 Å². The Balaban J connectivity index is 2.24. The molecule has 0 amide bonds. The molecule has 0 saturated carbocycles. The molecule has 0 saturated heterocycles. The fourth-order valence-corrected chi connectivity index (χ4v) is 2.52. The summed E-state index contributed by atoms with van der Waals surface area (Å²) in [4.78, 5) is 4.13. The number of rotatable bonds is 5. The Hall–Kier alpha value is -1.27. The molecular formula is C14H15BrF2N2O. The van der Waals surface area contributed by atoms with Gasteiger partial charge < -0.3 is 9.67 Å². The molecule has 0 spiro atoms. The number of aromatic nitrogens is 2. The van der Waals surface area contributed by atoms with E-state index in [4.69, 9.17) is 0 Å². The topological polar surface area (TPSA) is 38.0 Å². The SMILES string of the molecule is CCCn1ccnc1CC(O)c1c(F)cc(Br)cc1F. The van der Waals surface area contributed by atoms with E-state index < -0.39 is 17.7 Å². The molecule has 0 aliphatic heterocycles. The van der Waals surface area contributed by atoms with Crippen LogP contribution in [0, 0.1) is 11.6 Å². The van der Waals surface area contributed by atoms with Crippen molar-refractivity contribution in [3.05, 3.63) is 52.0 Å². The summed E-state index contributed by atoms with van der Waals surface area (Å²) in [6.07, 6.45) is 3.13. The highest BCUT2D eigenvalue weighted by molar-refractivity contribution is 9.10. The maximum absolute atomic E-state index is 13.8. The van der Waals surface area contributed by atoms with Crippen molar-refractivity contribution in [2.24, 2.45) is 0 Å². The van der Waals surface area contributed by atoms with Crippen molar-refractivity contribution < 1.29 is 13.9 Å². The average Bonchev–Trinajstić information content (AvgIpc) is 2.75. The zero-order valence-corrected chi connectivity index (χ0v) is 12.6. The lowest BCUT2D eigenvalue weighted by atomic mass is 10.0. The first kappa shape index (κ1) is 15.1. The molecule has 108 valence electrons. The number of aliphatic hydroxyl groups excluding tert-OH is 1. The molecule has 1 N–H and O–H groups in total. The largest absolute Gasteiger partial charge is 0.388 e. The predicted molar refractivity (Wildman–Crippen MR) is 75.2 cm³/mol. The van der Waals surface area contributed by atoms with Gasteiger partial charge in [-0.2, -0.15) is 0 Å². The minimum Gasteiger partial charge on any atom is -0.388 e. The van der Waals surface area contributed by atoms with E-state index in [2.05, 4.69) is 20.9 Å². The van der Waals surface area contributed by atoms with Crippen LogP contribution in [-0.2, 0) is 13.0 Å². The Labute approximate surface area is 124 Å². The first-order valence-electron chi connectivity index (χ1n) is 6.35. The molecule has 1 aromatic carbocycles. The Morgan fingerprint density at radius 1 is 1.35 bits per heavy atom. The Morgan fingerprint density at radius 3 is 2.60 bits per heavy atom. The third-order valence-corrected chi connectivity index (χ3v) is 3.48. The second-order valence-corrected chi connectivity index (χ2v) is 5.46. The first-order chi connectivity index (χ1) is 9.52. The van der Waals surface area contributed by atoms with Crippen molar-refractivity contribution in [1.82, 2.24) is 9.55 Å². The molecule has 0 aliphatic carbocycles. The van der Waals surface area contributed by atoms with Gasteiger partial charge in [0.2, 0.25) is 0 Å². The number of hydrogen-bond acceptors (Lipinski definition) is 2. The van der Waals surface area contributed by atoms with Crippen LogP contribution in [0.1, 0.15) is 30.8 Å². The molecule has 0 aliphatic rings. The maximum Gasteiger partial charge on any atom is 0.133 e. The Morgan fingerprint density at radius 2 is 2.00 bits per heavy atom. The number of nitrogens with zero attached hydrogens (tertiary/aromatic N) is 2. The molecule has 3 nitrogen and oxygen atoms in total. The van der Waals surface area contributed by atoms with Gasteiger partial charge in [0.05, 0.1) is 11.7 Å². The molecule has 2 rings (SSSR count). The second-order valence-electron chi connectivity index (χ2n) is 4.54. The summed E-state index contributed by atoms with van der Waals surface area (Å²) in [6.45, 7) is 2.78. The second kappa shape index (κ2) is 6.45. The van der Waals surface area contributed by atoms with Crippen molar-refractivity contribution in [1.29, 1.82) is 0 Å². The zero-order valence-electron chi connectivity index (χ0n) is 11.0. The lowest BCUT2D eigenvalue weighted by Gasteiger charge is -2.14.